The van der Waals surface area contributed by atoms with E-state index in [1.807, 2.05) is 18.2 Å². The molecule has 11 heteroatoms. The van der Waals surface area contributed by atoms with Gasteiger partial charge in [0, 0.05) is 25.7 Å². The number of carbonyl (C=O) groups is 2. The number of cyclic esters (lactones) is 1. The van der Waals surface area contributed by atoms with Gasteiger partial charge in [0.25, 0.3) is 6.47 Å². The Morgan fingerprint density at radius 3 is 2.69 bits per heavy atom. The van der Waals surface area contributed by atoms with Crippen molar-refractivity contribution < 1.29 is 33.3 Å². The highest BCUT2D eigenvalue weighted by atomic mass is 16.6. The van der Waals surface area contributed by atoms with E-state index in [1.54, 1.807) is 13.2 Å². The Bertz CT molecular complexity index is 1090. The number of ether oxygens (including phenoxy) is 5. The van der Waals surface area contributed by atoms with Crippen molar-refractivity contribution in [2.24, 2.45) is 5.73 Å². The zero-order valence-corrected chi connectivity index (χ0v) is 19.4. The number of methoxy groups -OCH3 is 1. The number of hydrogen-bond donors (Lipinski definition) is 2. The second kappa shape index (κ2) is 11.1. The summed E-state index contributed by atoms with van der Waals surface area (Å²) in [5, 5.41) is 7.60. The summed E-state index contributed by atoms with van der Waals surface area (Å²) in [5.41, 5.74) is 7.32. The number of amidine groups is 1. The van der Waals surface area contributed by atoms with E-state index in [0.29, 0.717) is 17.2 Å². The Morgan fingerprint density at radius 2 is 1.97 bits per heavy atom. The summed E-state index contributed by atoms with van der Waals surface area (Å²) in [6.07, 6.45) is -1.08. The molecule has 1 amide bonds. The van der Waals surface area contributed by atoms with E-state index in [-0.39, 0.29) is 36.8 Å². The highest BCUT2D eigenvalue weighted by Gasteiger charge is 2.33. The second-order valence-corrected chi connectivity index (χ2v) is 8.11. The number of anilines is 1. The number of nitrogens with two attached hydrogens (primary N) is 1. The topological polar surface area (TPSA) is 137 Å². The van der Waals surface area contributed by atoms with Gasteiger partial charge in [-0.05, 0) is 29.8 Å². The highest BCUT2D eigenvalue weighted by molar-refractivity contribution is 5.99. The molecule has 0 spiro atoms. The van der Waals surface area contributed by atoms with Crippen LogP contribution in [0, 0.1) is 5.41 Å². The van der Waals surface area contributed by atoms with Gasteiger partial charge in [-0.3, -0.25) is 20.0 Å². The molecule has 2 aromatic carbocycles. The van der Waals surface area contributed by atoms with Crippen molar-refractivity contribution in [3.8, 4) is 17.2 Å². The third-order valence-corrected chi connectivity index (χ3v) is 5.78. The number of carbonyl (C=O) groups excluding carboxylic acids is 2. The minimum absolute atomic E-state index is 0.0828. The molecule has 186 valence electrons. The van der Waals surface area contributed by atoms with E-state index < -0.39 is 12.2 Å². The van der Waals surface area contributed by atoms with E-state index >= 15 is 0 Å². The quantitative estimate of drug-likeness (QED) is 0.294. The lowest BCUT2D eigenvalue weighted by molar-refractivity contribution is -0.120. The van der Waals surface area contributed by atoms with Crippen LogP contribution < -0.4 is 24.8 Å². The summed E-state index contributed by atoms with van der Waals surface area (Å²) in [4.78, 5) is 27.0. The second-order valence-electron chi connectivity index (χ2n) is 8.11. The minimum Gasteiger partial charge on any atom is -0.493 e. The lowest BCUT2D eigenvalue weighted by atomic mass is 10.1. The van der Waals surface area contributed by atoms with Crippen LogP contribution in [0.2, 0.25) is 0 Å². The molecule has 35 heavy (non-hydrogen) atoms. The van der Waals surface area contributed by atoms with E-state index in [1.165, 1.54) is 17.0 Å². The monoisotopic (exact) mass is 484 g/mol. The van der Waals surface area contributed by atoms with Crippen LogP contribution >= 0.6 is 0 Å². The van der Waals surface area contributed by atoms with E-state index in [9.17, 15) is 9.59 Å². The van der Waals surface area contributed by atoms with Crippen LogP contribution in [0.3, 0.4) is 0 Å². The number of hydrogen-bond acceptors (Lipinski definition) is 9. The Labute approximate surface area is 202 Å². The van der Waals surface area contributed by atoms with E-state index in [2.05, 4.69) is 4.90 Å². The third kappa shape index (κ3) is 5.81. The first kappa shape index (κ1) is 24.3. The van der Waals surface area contributed by atoms with Crippen LogP contribution in [0.1, 0.15) is 11.1 Å². The normalized spacial score (nSPS) is 18.1. The fourth-order valence-corrected chi connectivity index (χ4v) is 4.00. The summed E-state index contributed by atoms with van der Waals surface area (Å²) in [6.45, 7) is 4.66. The molecule has 2 aromatic rings. The summed E-state index contributed by atoms with van der Waals surface area (Å²) in [7, 11) is 1.59. The maximum absolute atomic E-state index is 12.5. The van der Waals surface area contributed by atoms with Crippen LogP contribution in [0.5, 0.6) is 17.2 Å². The SMILES string of the molecule is COc1cc(CN2CCOCC2)ccc1OCC1CN(c2ccc(C(=N)N)c(OC=O)c2)C(=O)O1. The molecule has 1 unspecified atom stereocenters. The third-order valence-electron chi connectivity index (χ3n) is 5.78. The number of benzene rings is 2. The highest BCUT2D eigenvalue weighted by Crippen LogP contribution is 2.31. The standard InChI is InChI=1S/C24H28N4O7/c1-31-22-10-16(12-27-6-8-32-9-7-27)2-5-20(22)33-14-18-13-28(24(30)35-18)17-3-4-19(23(25)26)21(11-17)34-15-29/h2-5,10-11,15,18H,6-9,12-14H2,1H3,(H3,25,26). The predicted octanol–water partition coefficient (Wildman–Crippen LogP) is 1.75. The molecule has 2 aliphatic heterocycles. The molecule has 11 nitrogen and oxygen atoms in total. The molecular formula is C24H28N4O7. The van der Waals surface area contributed by atoms with Crippen LogP contribution in [-0.2, 0) is 20.8 Å². The average molecular weight is 485 g/mol. The number of nitrogens with one attached hydrogen (secondary N) is 1. The molecule has 0 bridgehead atoms. The number of rotatable bonds is 10. The maximum Gasteiger partial charge on any atom is 0.414 e. The molecule has 4 rings (SSSR count). The zero-order valence-electron chi connectivity index (χ0n) is 19.4. The maximum atomic E-state index is 12.5. The number of nitrogens with zero attached hydrogens (tertiary/aromatic N) is 2. The molecule has 2 heterocycles. The van der Waals surface area contributed by atoms with Crippen LogP contribution in [0.25, 0.3) is 0 Å². The smallest absolute Gasteiger partial charge is 0.414 e. The number of morpholine rings is 1. The first-order valence-electron chi connectivity index (χ1n) is 11.1. The van der Waals surface area contributed by atoms with E-state index in [0.717, 1.165) is 38.4 Å². The largest absolute Gasteiger partial charge is 0.493 e. The molecule has 1 atom stereocenters. The molecule has 0 aromatic heterocycles. The van der Waals surface area contributed by atoms with Crippen molar-refractivity contribution in [3.63, 3.8) is 0 Å². The van der Waals surface area contributed by atoms with Crippen molar-refractivity contribution >= 4 is 24.1 Å². The van der Waals surface area contributed by atoms with Gasteiger partial charge < -0.3 is 29.4 Å². The fraction of sp³-hybridized carbons (Fsp3) is 0.375. The molecule has 3 N–H and O–H groups in total. The Kier molecular flexibility index (Phi) is 7.68. The fourth-order valence-electron chi connectivity index (χ4n) is 4.00. The molecule has 0 radical (unpaired) electrons. The molecule has 0 saturated carbocycles. The zero-order chi connectivity index (χ0) is 24.8. The van der Waals surface area contributed by atoms with Crippen molar-refractivity contribution in [3.05, 3.63) is 47.5 Å². The Balaban J connectivity index is 1.38. The van der Waals surface area contributed by atoms with Gasteiger partial charge in [0.2, 0.25) is 0 Å². The van der Waals surface area contributed by atoms with Crippen molar-refractivity contribution in [1.82, 2.24) is 4.90 Å². The first-order chi connectivity index (χ1) is 17.0. The predicted molar refractivity (Wildman–Crippen MR) is 126 cm³/mol. The van der Waals surface area contributed by atoms with Crippen LogP contribution in [0.4, 0.5) is 10.5 Å². The van der Waals surface area contributed by atoms with E-state index in [4.69, 9.17) is 34.8 Å². The van der Waals surface area contributed by atoms with Crippen molar-refractivity contribution in [1.29, 1.82) is 5.41 Å². The minimum atomic E-state index is -0.556. The van der Waals surface area contributed by atoms with Crippen molar-refractivity contribution in [2.75, 3.05) is 51.5 Å². The van der Waals surface area contributed by atoms with Gasteiger partial charge in [0.1, 0.15) is 18.2 Å². The van der Waals surface area contributed by atoms with Crippen molar-refractivity contribution in [2.45, 2.75) is 12.6 Å². The van der Waals surface area contributed by atoms with Gasteiger partial charge in [0.15, 0.2) is 17.6 Å². The lowest BCUT2D eigenvalue weighted by Crippen LogP contribution is -2.35. The lowest BCUT2D eigenvalue weighted by Gasteiger charge is -2.26. The van der Waals surface area contributed by atoms with Gasteiger partial charge in [0.05, 0.1) is 38.1 Å². The number of amides is 1. The Morgan fingerprint density at radius 1 is 1.17 bits per heavy atom. The summed E-state index contributed by atoms with van der Waals surface area (Å²) >= 11 is 0. The molecule has 2 saturated heterocycles. The van der Waals surface area contributed by atoms with Crippen LogP contribution in [-0.4, -0.2) is 76.0 Å². The Hall–Kier alpha value is -3.83. The molecule has 2 aliphatic rings. The van der Waals surface area contributed by atoms with Crippen LogP contribution in [0.15, 0.2) is 36.4 Å². The molecule has 2 fully saturated rings. The summed E-state index contributed by atoms with van der Waals surface area (Å²) in [6, 6.07) is 10.4. The summed E-state index contributed by atoms with van der Waals surface area (Å²) in [5.74, 6) is 0.987. The number of nitrogen functional groups attached to an aromatic ring is 1. The van der Waals surface area contributed by atoms with Gasteiger partial charge in [-0.1, -0.05) is 6.07 Å². The van der Waals surface area contributed by atoms with Gasteiger partial charge in [-0.15, -0.1) is 0 Å². The molecular weight excluding hydrogens is 456 g/mol. The van der Waals surface area contributed by atoms with Gasteiger partial charge in [-0.2, -0.15) is 0 Å². The first-order valence-corrected chi connectivity index (χ1v) is 11.1. The molecule has 0 aliphatic carbocycles. The summed E-state index contributed by atoms with van der Waals surface area (Å²) < 4.78 is 27.2. The van der Waals surface area contributed by atoms with Gasteiger partial charge >= 0.3 is 6.09 Å². The van der Waals surface area contributed by atoms with Gasteiger partial charge in [-0.25, -0.2) is 4.79 Å². The average Bonchev–Trinajstić information content (AvgIpc) is 3.24.